The molecule has 0 bridgehead atoms. The zero-order valence-electron chi connectivity index (χ0n) is 9.40. The number of benzene rings is 1. The fraction of sp³-hybridized carbons (Fsp3) is 0.231. The topological polar surface area (TPSA) is 56.0 Å². The van der Waals surface area contributed by atoms with Gasteiger partial charge in [0, 0.05) is 17.1 Å². The van der Waals surface area contributed by atoms with E-state index < -0.39 is 5.54 Å². The minimum atomic E-state index is -0.869. The van der Waals surface area contributed by atoms with E-state index in [0.29, 0.717) is 11.1 Å². The van der Waals surface area contributed by atoms with E-state index in [2.05, 4.69) is 4.98 Å². The molecule has 0 radical (unpaired) electrons. The maximum Gasteiger partial charge on any atom is 0.184 e. The normalized spacial score (nSPS) is 11.7. The quantitative estimate of drug-likeness (QED) is 0.779. The van der Waals surface area contributed by atoms with Gasteiger partial charge in [-0.3, -0.25) is 9.78 Å². The SMILES string of the molecule is CC(C)(N)C(=O)c1cccc2cccnc12. The number of para-hydroxylation sites is 1. The summed E-state index contributed by atoms with van der Waals surface area (Å²) in [5.41, 5.74) is 6.26. The summed E-state index contributed by atoms with van der Waals surface area (Å²) in [7, 11) is 0. The van der Waals surface area contributed by atoms with Crippen LogP contribution in [0.15, 0.2) is 36.5 Å². The predicted octanol–water partition coefficient (Wildman–Crippen LogP) is 2.15. The Morgan fingerprint density at radius 3 is 2.62 bits per heavy atom. The van der Waals surface area contributed by atoms with E-state index in [0.717, 1.165) is 5.39 Å². The average molecular weight is 214 g/mol. The van der Waals surface area contributed by atoms with Crippen LogP contribution in [-0.2, 0) is 0 Å². The van der Waals surface area contributed by atoms with Crippen molar-refractivity contribution in [3.05, 3.63) is 42.1 Å². The van der Waals surface area contributed by atoms with Gasteiger partial charge in [0.15, 0.2) is 5.78 Å². The van der Waals surface area contributed by atoms with Crippen molar-refractivity contribution >= 4 is 16.7 Å². The zero-order valence-corrected chi connectivity index (χ0v) is 9.40. The molecule has 0 amide bonds. The number of Topliss-reactive ketones (excluding diaryl/α,β-unsaturated/α-hetero) is 1. The van der Waals surface area contributed by atoms with Gasteiger partial charge in [0.25, 0.3) is 0 Å². The molecule has 0 aliphatic carbocycles. The standard InChI is InChI=1S/C13H14N2O/c1-13(2,14)12(16)10-7-3-5-9-6-4-8-15-11(9)10/h3-8H,14H2,1-2H3. The molecule has 0 saturated heterocycles. The van der Waals surface area contributed by atoms with E-state index in [-0.39, 0.29) is 5.78 Å². The van der Waals surface area contributed by atoms with E-state index in [4.69, 9.17) is 5.73 Å². The summed E-state index contributed by atoms with van der Waals surface area (Å²) in [5, 5.41) is 0.956. The minimum absolute atomic E-state index is 0.0863. The van der Waals surface area contributed by atoms with Crippen LogP contribution in [0.2, 0.25) is 0 Å². The lowest BCUT2D eigenvalue weighted by Crippen LogP contribution is -2.41. The summed E-state index contributed by atoms with van der Waals surface area (Å²) in [6.45, 7) is 3.41. The molecule has 2 rings (SSSR count). The molecule has 0 saturated carbocycles. The molecule has 1 aromatic heterocycles. The largest absolute Gasteiger partial charge is 0.319 e. The smallest absolute Gasteiger partial charge is 0.184 e. The van der Waals surface area contributed by atoms with Gasteiger partial charge in [-0.15, -0.1) is 0 Å². The molecular weight excluding hydrogens is 200 g/mol. The summed E-state index contributed by atoms with van der Waals surface area (Å²) in [4.78, 5) is 16.4. The van der Waals surface area contributed by atoms with Crippen molar-refractivity contribution in [3.8, 4) is 0 Å². The molecule has 0 fully saturated rings. The van der Waals surface area contributed by atoms with Crippen molar-refractivity contribution in [2.75, 3.05) is 0 Å². The molecule has 3 nitrogen and oxygen atoms in total. The summed E-state index contributed by atoms with van der Waals surface area (Å²) < 4.78 is 0. The number of aromatic nitrogens is 1. The predicted molar refractivity (Wildman–Crippen MR) is 64.3 cm³/mol. The molecule has 0 atom stereocenters. The lowest BCUT2D eigenvalue weighted by molar-refractivity contribution is 0.0915. The summed E-state index contributed by atoms with van der Waals surface area (Å²) in [5.74, 6) is -0.0863. The first kappa shape index (κ1) is 10.8. The lowest BCUT2D eigenvalue weighted by Gasteiger charge is -2.17. The second kappa shape index (κ2) is 3.68. The van der Waals surface area contributed by atoms with Crippen molar-refractivity contribution in [3.63, 3.8) is 0 Å². The van der Waals surface area contributed by atoms with Crippen molar-refractivity contribution < 1.29 is 4.79 Å². The molecule has 0 unspecified atom stereocenters. The van der Waals surface area contributed by atoms with E-state index in [1.165, 1.54) is 0 Å². The molecule has 0 aliphatic rings. The van der Waals surface area contributed by atoms with Gasteiger partial charge in [-0.25, -0.2) is 0 Å². The van der Waals surface area contributed by atoms with Gasteiger partial charge in [0.05, 0.1) is 11.1 Å². The molecule has 1 heterocycles. The van der Waals surface area contributed by atoms with Gasteiger partial charge in [-0.05, 0) is 26.0 Å². The fourth-order valence-electron chi connectivity index (χ4n) is 1.63. The fourth-order valence-corrected chi connectivity index (χ4v) is 1.63. The number of hydrogen-bond donors (Lipinski definition) is 1. The summed E-state index contributed by atoms with van der Waals surface area (Å²) in [6.07, 6.45) is 1.68. The van der Waals surface area contributed by atoms with Gasteiger partial charge in [0.1, 0.15) is 0 Å². The van der Waals surface area contributed by atoms with E-state index >= 15 is 0 Å². The van der Waals surface area contributed by atoms with Crippen molar-refractivity contribution in [1.82, 2.24) is 4.98 Å². The van der Waals surface area contributed by atoms with Crippen LogP contribution in [0.1, 0.15) is 24.2 Å². The molecule has 16 heavy (non-hydrogen) atoms. The van der Waals surface area contributed by atoms with Crippen molar-refractivity contribution in [2.24, 2.45) is 5.73 Å². The molecule has 0 aliphatic heterocycles. The van der Waals surface area contributed by atoms with Crippen LogP contribution in [0.5, 0.6) is 0 Å². The van der Waals surface area contributed by atoms with Crippen LogP contribution in [0.25, 0.3) is 10.9 Å². The van der Waals surface area contributed by atoms with Crippen LogP contribution in [0.4, 0.5) is 0 Å². The average Bonchev–Trinajstić information content (AvgIpc) is 2.26. The summed E-state index contributed by atoms with van der Waals surface area (Å²) >= 11 is 0. The molecule has 0 spiro atoms. The second-order valence-corrected chi connectivity index (χ2v) is 4.43. The third-order valence-electron chi connectivity index (χ3n) is 2.46. The molecule has 2 aromatic rings. The number of nitrogens with zero attached hydrogens (tertiary/aromatic N) is 1. The minimum Gasteiger partial charge on any atom is -0.319 e. The second-order valence-electron chi connectivity index (χ2n) is 4.43. The highest BCUT2D eigenvalue weighted by Gasteiger charge is 2.25. The molecular formula is C13H14N2O. The first-order chi connectivity index (χ1) is 7.50. The van der Waals surface area contributed by atoms with E-state index in [1.807, 2.05) is 24.3 Å². The van der Waals surface area contributed by atoms with Gasteiger partial charge in [-0.1, -0.05) is 18.2 Å². The first-order valence-electron chi connectivity index (χ1n) is 5.17. The third kappa shape index (κ3) is 1.82. The zero-order chi connectivity index (χ0) is 11.8. The molecule has 82 valence electrons. The number of hydrogen-bond acceptors (Lipinski definition) is 3. The Kier molecular flexibility index (Phi) is 2.48. The first-order valence-corrected chi connectivity index (χ1v) is 5.17. The van der Waals surface area contributed by atoms with Crippen LogP contribution in [0.3, 0.4) is 0 Å². The maximum atomic E-state index is 12.1. The van der Waals surface area contributed by atoms with Gasteiger partial charge >= 0.3 is 0 Å². The maximum absolute atomic E-state index is 12.1. The Bertz CT molecular complexity index is 536. The molecule has 2 N–H and O–H groups in total. The van der Waals surface area contributed by atoms with Gasteiger partial charge in [-0.2, -0.15) is 0 Å². The lowest BCUT2D eigenvalue weighted by atomic mass is 9.93. The number of pyridine rings is 1. The van der Waals surface area contributed by atoms with Crippen molar-refractivity contribution in [2.45, 2.75) is 19.4 Å². The highest BCUT2D eigenvalue weighted by Crippen LogP contribution is 2.19. The van der Waals surface area contributed by atoms with Gasteiger partial charge in [0.2, 0.25) is 0 Å². The van der Waals surface area contributed by atoms with Gasteiger partial charge < -0.3 is 5.73 Å². The number of nitrogens with two attached hydrogens (primary N) is 1. The highest BCUT2D eigenvalue weighted by atomic mass is 16.1. The Balaban J connectivity index is 2.66. The number of rotatable bonds is 2. The van der Waals surface area contributed by atoms with Crippen LogP contribution in [0, 0.1) is 0 Å². The molecule has 3 heteroatoms. The highest BCUT2D eigenvalue weighted by molar-refractivity contribution is 6.10. The Morgan fingerprint density at radius 2 is 1.94 bits per heavy atom. The summed E-state index contributed by atoms with van der Waals surface area (Å²) in [6, 6.07) is 9.34. The number of carbonyl (C=O) groups is 1. The van der Waals surface area contributed by atoms with E-state index in [9.17, 15) is 4.79 Å². The van der Waals surface area contributed by atoms with Crippen LogP contribution < -0.4 is 5.73 Å². The number of carbonyl (C=O) groups excluding carboxylic acids is 1. The Labute approximate surface area is 94.3 Å². The van der Waals surface area contributed by atoms with Crippen LogP contribution in [-0.4, -0.2) is 16.3 Å². The monoisotopic (exact) mass is 214 g/mol. The van der Waals surface area contributed by atoms with Crippen LogP contribution >= 0.6 is 0 Å². The Morgan fingerprint density at radius 1 is 1.25 bits per heavy atom. The van der Waals surface area contributed by atoms with E-state index in [1.54, 1.807) is 26.1 Å². The molecule has 1 aromatic carbocycles. The number of ketones is 1. The number of fused-ring (bicyclic) bond motifs is 1. The van der Waals surface area contributed by atoms with Crippen molar-refractivity contribution in [1.29, 1.82) is 0 Å². The Hall–Kier alpha value is -1.74. The third-order valence-corrected chi connectivity index (χ3v) is 2.46.